The number of aliphatic hydroxyl groups excluding tert-OH is 1. The second-order valence-electron chi connectivity index (χ2n) is 2.66. The minimum atomic E-state index is -4.81. The van der Waals surface area contributed by atoms with E-state index in [0.29, 0.717) is 10.9 Å². The van der Waals surface area contributed by atoms with Crippen molar-refractivity contribution in [1.29, 1.82) is 0 Å². The summed E-state index contributed by atoms with van der Waals surface area (Å²) in [6, 6.07) is 0. The zero-order valence-corrected chi connectivity index (χ0v) is 7.32. The van der Waals surface area contributed by atoms with Crippen molar-refractivity contribution in [3.8, 4) is 0 Å². The smallest absolute Gasteiger partial charge is 0.433 e. The first-order valence-electron chi connectivity index (χ1n) is 3.85. The van der Waals surface area contributed by atoms with E-state index in [2.05, 4.69) is 5.10 Å². The van der Waals surface area contributed by atoms with Crippen molar-refractivity contribution in [2.24, 2.45) is 0 Å². The number of aromatic carboxylic acids is 1. The molecule has 0 atom stereocenters. The molecule has 0 fully saturated rings. The van der Waals surface area contributed by atoms with Crippen LogP contribution in [-0.2, 0) is 12.7 Å². The van der Waals surface area contributed by atoms with E-state index in [1.807, 2.05) is 0 Å². The van der Waals surface area contributed by atoms with Crippen LogP contribution in [0.3, 0.4) is 0 Å². The molecule has 0 bridgehead atoms. The van der Waals surface area contributed by atoms with Crippen LogP contribution in [0.1, 0.15) is 16.1 Å². The molecule has 0 spiro atoms. The van der Waals surface area contributed by atoms with Crippen molar-refractivity contribution in [3.05, 3.63) is 17.5 Å². The van der Waals surface area contributed by atoms with Gasteiger partial charge >= 0.3 is 12.1 Å². The molecule has 0 saturated carbocycles. The van der Waals surface area contributed by atoms with Crippen molar-refractivity contribution >= 4 is 5.97 Å². The molecule has 5 nitrogen and oxygen atoms in total. The maximum atomic E-state index is 12.4. The van der Waals surface area contributed by atoms with E-state index < -0.39 is 36.6 Å². The van der Waals surface area contributed by atoms with Crippen molar-refractivity contribution in [1.82, 2.24) is 9.78 Å². The Morgan fingerprint density at radius 1 is 1.53 bits per heavy atom. The molecule has 0 saturated heterocycles. The average Bonchev–Trinajstić information content (AvgIpc) is 2.47. The number of alkyl halides is 3. The fourth-order valence-corrected chi connectivity index (χ4v) is 1.11. The lowest BCUT2D eigenvalue weighted by Crippen LogP contribution is -2.19. The molecule has 0 aliphatic carbocycles. The number of carboxylic acid groups (broad SMARTS) is 1. The summed E-state index contributed by atoms with van der Waals surface area (Å²) in [6.07, 6.45) is -4.19. The summed E-state index contributed by atoms with van der Waals surface area (Å²) in [6.45, 7) is -0.952. The molecule has 0 amide bonds. The first kappa shape index (κ1) is 11.5. The maximum absolute atomic E-state index is 12.4. The molecule has 8 heteroatoms. The number of hydrogen-bond acceptors (Lipinski definition) is 3. The highest BCUT2D eigenvalue weighted by atomic mass is 19.4. The van der Waals surface area contributed by atoms with E-state index in [1.165, 1.54) is 0 Å². The molecular weight excluding hydrogens is 217 g/mol. The minimum Gasteiger partial charge on any atom is -0.478 e. The lowest BCUT2D eigenvalue weighted by atomic mass is 10.2. The topological polar surface area (TPSA) is 75.3 Å². The zero-order chi connectivity index (χ0) is 11.6. The highest BCUT2D eigenvalue weighted by molar-refractivity contribution is 5.88. The quantitative estimate of drug-likeness (QED) is 0.787. The SMILES string of the molecule is O=C(O)c1cnn(CCO)c1C(F)(F)F. The molecule has 2 N–H and O–H groups in total. The monoisotopic (exact) mass is 224 g/mol. The average molecular weight is 224 g/mol. The summed E-state index contributed by atoms with van der Waals surface area (Å²) in [5.41, 5.74) is -2.28. The van der Waals surface area contributed by atoms with Crippen LogP contribution in [0, 0.1) is 0 Å². The Labute approximate surface area is 81.7 Å². The zero-order valence-electron chi connectivity index (χ0n) is 7.32. The Morgan fingerprint density at radius 3 is 2.53 bits per heavy atom. The van der Waals surface area contributed by atoms with Crippen LogP contribution in [0.5, 0.6) is 0 Å². The summed E-state index contributed by atoms with van der Waals surface area (Å²) in [5, 5.41) is 20.2. The maximum Gasteiger partial charge on any atom is 0.433 e. The molecule has 0 aromatic carbocycles. The second kappa shape index (κ2) is 3.89. The molecule has 1 heterocycles. The summed E-state index contributed by atoms with van der Waals surface area (Å²) in [7, 11) is 0. The first-order valence-corrected chi connectivity index (χ1v) is 3.85. The van der Waals surface area contributed by atoms with Gasteiger partial charge in [0.25, 0.3) is 0 Å². The molecule has 0 unspecified atom stereocenters. The fourth-order valence-electron chi connectivity index (χ4n) is 1.11. The third-order valence-electron chi connectivity index (χ3n) is 1.65. The Kier molecular flexibility index (Phi) is 2.98. The normalized spacial score (nSPS) is 11.7. The molecule has 84 valence electrons. The highest BCUT2D eigenvalue weighted by Crippen LogP contribution is 2.31. The molecule has 0 aliphatic heterocycles. The van der Waals surface area contributed by atoms with Crippen LogP contribution in [-0.4, -0.2) is 32.6 Å². The van der Waals surface area contributed by atoms with Gasteiger partial charge in [0.1, 0.15) is 5.56 Å². The molecule has 0 aliphatic rings. The molecule has 15 heavy (non-hydrogen) atoms. The summed E-state index contributed by atoms with van der Waals surface area (Å²) >= 11 is 0. The number of nitrogens with zero attached hydrogens (tertiary/aromatic N) is 2. The van der Waals surface area contributed by atoms with Crippen molar-refractivity contribution in [3.63, 3.8) is 0 Å². The third kappa shape index (κ3) is 2.27. The lowest BCUT2D eigenvalue weighted by molar-refractivity contribution is -0.144. The van der Waals surface area contributed by atoms with Crippen molar-refractivity contribution in [2.75, 3.05) is 6.61 Å². The van der Waals surface area contributed by atoms with Crippen LogP contribution in [0.25, 0.3) is 0 Å². The number of carboxylic acids is 1. The van der Waals surface area contributed by atoms with Gasteiger partial charge in [-0.25, -0.2) is 4.79 Å². The Bertz CT molecular complexity index is 372. The number of hydrogen-bond donors (Lipinski definition) is 2. The van der Waals surface area contributed by atoms with E-state index in [1.54, 1.807) is 0 Å². The second-order valence-corrected chi connectivity index (χ2v) is 2.66. The van der Waals surface area contributed by atoms with Gasteiger partial charge in [0.15, 0.2) is 5.69 Å². The van der Waals surface area contributed by atoms with Crippen LogP contribution in [0.4, 0.5) is 13.2 Å². The number of rotatable bonds is 3. The van der Waals surface area contributed by atoms with E-state index in [4.69, 9.17) is 10.2 Å². The molecule has 1 aromatic rings. The first-order chi connectivity index (χ1) is 6.88. The van der Waals surface area contributed by atoms with Gasteiger partial charge in [-0.05, 0) is 0 Å². The van der Waals surface area contributed by atoms with Gasteiger partial charge in [0.05, 0.1) is 19.3 Å². The van der Waals surface area contributed by atoms with Crippen molar-refractivity contribution in [2.45, 2.75) is 12.7 Å². The van der Waals surface area contributed by atoms with Crippen LogP contribution < -0.4 is 0 Å². The molecule has 1 aromatic heterocycles. The van der Waals surface area contributed by atoms with Gasteiger partial charge in [-0.1, -0.05) is 0 Å². The summed E-state index contributed by atoms with van der Waals surface area (Å²) in [4.78, 5) is 10.5. The van der Waals surface area contributed by atoms with E-state index >= 15 is 0 Å². The van der Waals surface area contributed by atoms with Gasteiger partial charge in [0, 0.05) is 0 Å². The Hall–Kier alpha value is -1.57. The largest absolute Gasteiger partial charge is 0.478 e. The standard InChI is InChI=1S/C7H7F3N2O3/c8-7(9,10)5-4(6(14)15)3-11-12(5)1-2-13/h3,13H,1-2H2,(H,14,15). The van der Waals surface area contributed by atoms with E-state index in [0.717, 1.165) is 0 Å². The van der Waals surface area contributed by atoms with Gasteiger partial charge in [0.2, 0.25) is 0 Å². The van der Waals surface area contributed by atoms with E-state index in [9.17, 15) is 18.0 Å². The Morgan fingerprint density at radius 2 is 2.13 bits per heavy atom. The van der Waals surface area contributed by atoms with Crippen LogP contribution >= 0.6 is 0 Å². The summed E-state index contributed by atoms with van der Waals surface area (Å²) < 4.78 is 37.7. The van der Waals surface area contributed by atoms with Crippen LogP contribution in [0.15, 0.2) is 6.20 Å². The number of aromatic nitrogens is 2. The van der Waals surface area contributed by atoms with Gasteiger partial charge < -0.3 is 10.2 Å². The van der Waals surface area contributed by atoms with Gasteiger partial charge in [-0.3, -0.25) is 4.68 Å². The van der Waals surface area contributed by atoms with E-state index in [-0.39, 0.29) is 0 Å². The predicted octanol–water partition coefficient (Wildman–Crippen LogP) is 0.592. The lowest BCUT2D eigenvalue weighted by Gasteiger charge is -2.10. The van der Waals surface area contributed by atoms with Gasteiger partial charge in [-0.2, -0.15) is 18.3 Å². The number of aliphatic hydroxyl groups is 1. The highest BCUT2D eigenvalue weighted by Gasteiger charge is 2.39. The summed E-state index contributed by atoms with van der Waals surface area (Å²) in [5.74, 6) is -1.70. The fraction of sp³-hybridized carbons (Fsp3) is 0.429. The molecule has 0 radical (unpaired) electrons. The predicted molar refractivity (Wildman–Crippen MR) is 41.3 cm³/mol. The van der Waals surface area contributed by atoms with Crippen molar-refractivity contribution < 1.29 is 28.2 Å². The van der Waals surface area contributed by atoms with Crippen LogP contribution in [0.2, 0.25) is 0 Å². The third-order valence-corrected chi connectivity index (χ3v) is 1.65. The molecule has 1 rings (SSSR count). The number of carbonyl (C=O) groups is 1. The number of halogens is 3. The Balaban J connectivity index is 3.27. The minimum absolute atomic E-state index is 0.401. The molecular formula is C7H7F3N2O3. The van der Waals surface area contributed by atoms with Gasteiger partial charge in [-0.15, -0.1) is 0 Å².